The Morgan fingerprint density at radius 2 is 1.85 bits per heavy atom. The monoisotopic (exact) mass is 534 g/mol. The molecule has 0 radical (unpaired) electrons. The standard InChI is InChI=1S/C27H23FN4O7/c1-3-27(24(36)30-25(37)31-27)15-6-14-7-19(39-21(14)18(28)8-15)26(10-20(33)29-23(26)35)12-32-11-13-4-5-16(38-2)9-17(13)22(32)34/h4-9H,3,10-12H2,1-2H3,(H,29,33,35)(H2,30,31,36,37)/t26-,27?/m1/s1. The Kier molecular flexibility index (Phi) is 5.28. The van der Waals surface area contributed by atoms with E-state index in [-0.39, 0.29) is 54.1 Å². The molecule has 39 heavy (non-hydrogen) atoms. The molecular formula is C27H23FN4O7. The molecule has 4 heterocycles. The third kappa shape index (κ3) is 3.51. The molecule has 3 aromatic rings. The molecule has 200 valence electrons. The Morgan fingerprint density at radius 1 is 1.05 bits per heavy atom. The minimum absolute atomic E-state index is 0.00342. The number of benzene rings is 2. The highest BCUT2D eigenvalue weighted by atomic mass is 19.1. The van der Waals surface area contributed by atoms with E-state index >= 15 is 4.39 Å². The first-order valence-electron chi connectivity index (χ1n) is 12.3. The van der Waals surface area contributed by atoms with Gasteiger partial charge in [0.1, 0.15) is 22.5 Å². The van der Waals surface area contributed by atoms with Crippen molar-refractivity contribution in [2.45, 2.75) is 37.3 Å². The Bertz CT molecular complexity index is 1630. The number of hydrogen-bond acceptors (Lipinski definition) is 7. The van der Waals surface area contributed by atoms with Gasteiger partial charge in [0, 0.05) is 24.0 Å². The van der Waals surface area contributed by atoms with Crippen LogP contribution in [-0.2, 0) is 31.9 Å². The summed E-state index contributed by atoms with van der Waals surface area (Å²) in [5.41, 5.74) is -1.90. The van der Waals surface area contributed by atoms with Crippen LogP contribution in [0.25, 0.3) is 11.0 Å². The molecule has 2 saturated heterocycles. The number of fused-ring (bicyclic) bond motifs is 2. The third-order valence-corrected chi connectivity index (χ3v) is 7.81. The first kappa shape index (κ1) is 24.6. The van der Waals surface area contributed by atoms with Crippen molar-refractivity contribution >= 4 is 40.6 Å². The fourth-order valence-electron chi connectivity index (χ4n) is 5.71. The van der Waals surface area contributed by atoms with Crippen LogP contribution in [0.5, 0.6) is 5.75 Å². The summed E-state index contributed by atoms with van der Waals surface area (Å²) < 4.78 is 26.4. The average molecular weight is 535 g/mol. The summed E-state index contributed by atoms with van der Waals surface area (Å²) in [6.07, 6.45) is -0.148. The number of rotatable bonds is 6. The molecule has 2 atom stereocenters. The summed E-state index contributed by atoms with van der Waals surface area (Å²) in [5.74, 6) is -2.47. The second kappa shape index (κ2) is 8.38. The van der Waals surface area contributed by atoms with Crippen LogP contribution in [0.15, 0.2) is 40.8 Å². The first-order chi connectivity index (χ1) is 18.6. The highest BCUT2D eigenvalue weighted by Crippen LogP contribution is 2.41. The summed E-state index contributed by atoms with van der Waals surface area (Å²) in [4.78, 5) is 64.8. The van der Waals surface area contributed by atoms with Gasteiger partial charge in [0.15, 0.2) is 11.4 Å². The molecule has 12 heteroatoms. The highest BCUT2D eigenvalue weighted by Gasteiger charge is 2.53. The minimum atomic E-state index is -1.61. The molecule has 2 fully saturated rings. The number of furan rings is 1. The van der Waals surface area contributed by atoms with E-state index in [4.69, 9.17) is 9.15 Å². The van der Waals surface area contributed by atoms with Crippen molar-refractivity contribution in [2.75, 3.05) is 13.7 Å². The van der Waals surface area contributed by atoms with Gasteiger partial charge in [0.25, 0.3) is 11.8 Å². The molecule has 2 aromatic carbocycles. The second-order valence-electron chi connectivity index (χ2n) is 9.97. The van der Waals surface area contributed by atoms with E-state index in [1.165, 1.54) is 24.1 Å². The van der Waals surface area contributed by atoms with E-state index in [0.717, 1.165) is 11.6 Å². The van der Waals surface area contributed by atoms with Crippen LogP contribution in [0, 0.1) is 5.82 Å². The van der Waals surface area contributed by atoms with E-state index in [0.29, 0.717) is 11.3 Å². The minimum Gasteiger partial charge on any atom is -0.497 e. The summed E-state index contributed by atoms with van der Waals surface area (Å²) in [7, 11) is 1.49. The quantitative estimate of drug-likeness (QED) is 0.324. The van der Waals surface area contributed by atoms with Crippen LogP contribution in [0.3, 0.4) is 0 Å². The molecular weight excluding hydrogens is 511 g/mol. The second-order valence-corrected chi connectivity index (χ2v) is 9.97. The number of carbonyl (C=O) groups is 5. The summed E-state index contributed by atoms with van der Waals surface area (Å²) in [5, 5.41) is 7.26. The van der Waals surface area contributed by atoms with Crippen molar-refractivity contribution < 1.29 is 37.5 Å². The number of amides is 6. The lowest BCUT2D eigenvalue weighted by molar-refractivity contribution is -0.127. The maximum Gasteiger partial charge on any atom is 0.322 e. The number of halogens is 1. The number of methoxy groups -OCH3 is 1. The van der Waals surface area contributed by atoms with Crippen LogP contribution in [0.1, 0.15) is 47.0 Å². The van der Waals surface area contributed by atoms with Gasteiger partial charge >= 0.3 is 6.03 Å². The summed E-state index contributed by atoms with van der Waals surface area (Å²) >= 11 is 0. The Hall–Kier alpha value is -4.74. The zero-order chi connectivity index (χ0) is 27.7. The topological polar surface area (TPSA) is 147 Å². The van der Waals surface area contributed by atoms with Crippen LogP contribution < -0.4 is 20.7 Å². The lowest BCUT2D eigenvalue weighted by Gasteiger charge is -2.28. The molecule has 6 rings (SSSR count). The number of carbonyl (C=O) groups excluding carboxylic acids is 5. The molecule has 0 aliphatic carbocycles. The molecule has 0 spiro atoms. The molecule has 3 aliphatic rings. The molecule has 6 amide bonds. The Labute approximate surface area is 220 Å². The molecule has 3 N–H and O–H groups in total. The van der Waals surface area contributed by atoms with Gasteiger partial charge in [-0.2, -0.15) is 0 Å². The van der Waals surface area contributed by atoms with Crippen molar-refractivity contribution in [1.29, 1.82) is 0 Å². The van der Waals surface area contributed by atoms with Gasteiger partial charge in [0.05, 0.1) is 13.5 Å². The number of imide groups is 2. The molecule has 0 bridgehead atoms. The largest absolute Gasteiger partial charge is 0.497 e. The molecule has 11 nitrogen and oxygen atoms in total. The van der Waals surface area contributed by atoms with E-state index in [1.807, 2.05) is 0 Å². The van der Waals surface area contributed by atoms with Crippen molar-refractivity contribution in [1.82, 2.24) is 20.9 Å². The lowest BCUT2D eigenvalue weighted by atomic mass is 9.82. The van der Waals surface area contributed by atoms with Gasteiger partial charge in [-0.15, -0.1) is 0 Å². The van der Waals surface area contributed by atoms with Crippen LogP contribution in [0.4, 0.5) is 9.18 Å². The zero-order valence-electron chi connectivity index (χ0n) is 21.0. The summed E-state index contributed by atoms with van der Waals surface area (Å²) in [6.45, 7) is 1.69. The van der Waals surface area contributed by atoms with Crippen molar-refractivity contribution in [3.8, 4) is 5.75 Å². The van der Waals surface area contributed by atoms with Gasteiger partial charge in [-0.25, -0.2) is 9.18 Å². The number of nitrogens with zero attached hydrogens (tertiary/aromatic N) is 1. The molecule has 1 unspecified atom stereocenters. The van der Waals surface area contributed by atoms with Gasteiger partial charge < -0.3 is 19.4 Å². The van der Waals surface area contributed by atoms with Gasteiger partial charge in [-0.3, -0.25) is 29.8 Å². The lowest BCUT2D eigenvalue weighted by Crippen LogP contribution is -2.46. The van der Waals surface area contributed by atoms with Crippen molar-refractivity contribution in [3.63, 3.8) is 0 Å². The smallest absolute Gasteiger partial charge is 0.322 e. The SMILES string of the molecule is CCC1(c2cc(F)c3oc([C@]4(CN5Cc6ccc(OC)cc6C5=O)CC(=O)NC4=O)cc3c2)NC(=O)NC1=O. The number of ether oxygens (including phenoxy) is 1. The predicted molar refractivity (Wildman–Crippen MR) is 132 cm³/mol. The van der Waals surface area contributed by atoms with Gasteiger partial charge in [0.2, 0.25) is 11.8 Å². The predicted octanol–water partition coefficient (Wildman–Crippen LogP) is 1.97. The van der Waals surface area contributed by atoms with Crippen LogP contribution >= 0.6 is 0 Å². The van der Waals surface area contributed by atoms with E-state index in [9.17, 15) is 24.0 Å². The first-order valence-corrected chi connectivity index (χ1v) is 12.3. The zero-order valence-corrected chi connectivity index (χ0v) is 21.0. The van der Waals surface area contributed by atoms with Gasteiger partial charge in [-0.1, -0.05) is 13.0 Å². The van der Waals surface area contributed by atoms with E-state index < -0.39 is 40.5 Å². The maximum atomic E-state index is 15.4. The van der Waals surface area contributed by atoms with E-state index in [1.54, 1.807) is 25.1 Å². The van der Waals surface area contributed by atoms with Crippen molar-refractivity contribution in [2.24, 2.45) is 0 Å². The Morgan fingerprint density at radius 3 is 2.49 bits per heavy atom. The normalized spacial score (nSPS) is 24.3. The third-order valence-electron chi connectivity index (χ3n) is 7.81. The molecule has 1 aromatic heterocycles. The van der Waals surface area contributed by atoms with Crippen molar-refractivity contribution in [3.05, 3.63) is 64.7 Å². The average Bonchev–Trinajstić information content (AvgIpc) is 3.63. The number of urea groups is 1. The fraction of sp³-hybridized carbons (Fsp3) is 0.296. The van der Waals surface area contributed by atoms with Crippen LogP contribution in [-0.4, -0.2) is 48.2 Å². The van der Waals surface area contributed by atoms with E-state index in [2.05, 4.69) is 16.0 Å². The highest BCUT2D eigenvalue weighted by molar-refractivity contribution is 6.10. The fourth-order valence-corrected chi connectivity index (χ4v) is 5.71. The number of nitrogens with one attached hydrogen (secondary N) is 3. The number of hydrogen-bond donors (Lipinski definition) is 3. The Balaban J connectivity index is 1.42. The van der Waals surface area contributed by atoms with Gasteiger partial charge in [-0.05, 0) is 47.9 Å². The molecule has 0 saturated carbocycles. The maximum absolute atomic E-state index is 15.4. The molecule has 3 aliphatic heterocycles. The summed E-state index contributed by atoms with van der Waals surface area (Å²) in [6, 6.07) is 8.46. The van der Waals surface area contributed by atoms with Crippen LogP contribution in [0.2, 0.25) is 0 Å².